The maximum atomic E-state index is 5.70. The van der Waals surface area contributed by atoms with Gasteiger partial charge in [-0.2, -0.15) is 0 Å². The van der Waals surface area contributed by atoms with Crippen molar-refractivity contribution < 1.29 is 9.47 Å². The second-order valence-corrected chi connectivity index (χ2v) is 3.46. The lowest BCUT2D eigenvalue weighted by atomic mass is 9.95. The number of ether oxygens (including phenoxy) is 2. The lowest BCUT2D eigenvalue weighted by Crippen LogP contribution is -2.47. The van der Waals surface area contributed by atoms with Crippen LogP contribution in [0.2, 0.25) is 0 Å². The van der Waals surface area contributed by atoms with Gasteiger partial charge in [-0.15, -0.1) is 0 Å². The van der Waals surface area contributed by atoms with Crippen molar-refractivity contribution in [3.63, 3.8) is 0 Å². The Kier molecular flexibility index (Phi) is 1.87. The van der Waals surface area contributed by atoms with Crippen molar-refractivity contribution >= 4 is 0 Å². The summed E-state index contributed by atoms with van der Waals surface area (Å²) in [7, 11) is 0. The minimum atomic E-state index is -0.00472. The molecule has 0 aromatic rings. The van der Waals surface area contributed by atoms with E-state index in [9.17, 15) is 0 Å². The van der Waals surface area contributed by atoms with E-state index < -0.39 is 0 Å². The van der Waals surface area contributed by atoms with Crippen LogP contribution in [-0.2, 0) is 9.47 Å². The van der Waals surface area contributed by atoms with E-state index in [-0.39, 0.29) is 11.9 Å². The molecule has 11 heavy (non-hydrogen) atoms. The summed E-state index contributed by atoms with van der Waals surface area (Å²) in [5, 5.41) is 3.33. The van der Waals surface area contributed by atoms with E-state index in [1.807, 2.05) is 6.92 Å². The fourth-order valence-electron chi connectivity index (χ4n) is 1.85. The molecular weight excluding hydrogens is 142 g/mol. The summed E-state index contributed by atoms with van der Waals surface area (Å²) in [5.41, 5.74) is 0.0116. The van der Waals surface area contributed by atoms with Crippen LogP contribution in [0.25, 0.3) is 0 Å². The highest BCUT2D eigenvalue weighted by Crippen LogP contribution is 2.28. The highest BCUT2D eigenvalue weighted by Gasteiger charge is 2.40. The zero-order valence-corrected chi connectivity index (χ0v) is 6.93. The Labute approximate surface area is 67.1 Å². The quantitative estimate of drug-likeness (QED) is 0.555. The predicted molar refractivity (Wildman–Crippen MR) is 41.3 cm³/mol. The first-order chi connectivity index (χ1) is 5.31. The Hall–Kier alpha value is -0.120. The summed E-state index contributed by atoms with van der Waals surface area (Å²) in [6.45, 7) is 4.81. The van der Waals surface area contributed by atoms with Crippen LogP contribution in [0.1, 0.15) is 19.8 Å². The van der Waals surface area contributed by atoms with Gasteiger partial charge in [-0.25, -0.2) is 0 Å². The molecule has 2 aliphatic heterocycles. The summed E-state index contributed by atoms with van der Waals surface area (Å²) >= 11 is 0. The lowest BCUT2D eigenvalue weighted by molar-refractivity contribution is -0.0831. The van der Waals surface area contributed by atoms with Gasteiger partial charge in [0, 0.05) is 6.54 Å². The first kappa shape index (κ1) is 7.53. The largest absolute Gasteiger partial charge is 0.350 e. The Morgan fingerprint density at radius 2 is 2.45 bits per heavy atom. The van der Waals surface area contributed by atoms with Crippen molar-refractivity contribution in [1.82, 2.24) is 5.32 Å². The Morgan fingerprint density at radius 1 is 1.55 bits per heavy atom. The average Bonchev–Trinajstić information content (AvgIpc) is 2.34. The molecule has 2 heterocycles. The number of hydrogen-bond donors (Lipinski definition) is 1. The zero-order chi connectivity index (χ0) is 7.73. The molecule has 1 spiro atoms. The minimum Gasteiger partial charge on any atom is -0.350 e. The van der Waals surface area contributed by atoms with Crippen LogP contribution in [0.3, 0.4) is 0 Å². The van der Waals surface area contributed by atoms with Gasteiger partial charge in [-0.1, -0.05) is 0 Å². The third-order valence-electron chi connectivity index (χ3n) is 2.43. The van der Waals surface area contributed by atoms with Crippen LogP contribution >= 0.6 is 0 Å². The normalized spacial score (nSPS) is 45.0. The molecule has 0 amide bonds. The molecule has 1 N–H and O–H groups in total. The monoisotopic (exact) mass is 157 g/mol. The fraction of sp³-hybridized carbons (Fsp3) is 1.00. The molecule has 0 aliphatic carbocycles. The first-order valence-corrected chi connectivity index (χ1v) is 4.31. The third kappa shape index (κ3) is 1.41. The molecule has 2 fully saturated rings. The molecule has 2 atom stereocenters. The van der Waals surface area contributed by atoms with Crippen molar-refractivity contribution in [1.29, 1.82) is 0 Å². The average molecular weight is 157 g/mol. The van der Waals surface area contributed by atoms with E-state index in [0.717, 1.165) is 26.1 Å². The van der Waals surface area contributed by atoms with E-state index in [2.05, 4.69) is 5.32 Å². The SMILES string of the molecule is C[C@H]1OC[C@]2(CCCNC2)O1. The van der Waals surface area contributed by atoms with Gasteiger partial charge in [0.2, 0.25) is 0 Å². The second-order valence-electron chi connectivity index (χ2n) is 3.46. The van der Waals surface area contributed by atoms with Crippen LogP contribution in [0, 0.1) is 0 Å². The van der Waals surface area contributed by atoms with Crippen LogP contribution in [0.4, 0.5) is 0 Å². The van der Waals surface area contributed by atoms with E-state index in [1.54, 1.807) is 0 Å². The van der Waals surface area contributed by atoms with Crippen molar-refractivity contribution in [3.8, 4) is 0 Å². The Morgan fingerprint density at radius 3 is 3.00 bits per heavy atom. The standard InChI is InChI=1S/C8H15NO2/c1-7-10-6-8(11-7)3-2-4-9-5-8/h7,9H,2-6H2,1H3/t7-,8+/m0/s1. The predicted octanol–water partition coefficient (Wildman–Crippen LogP) is 0.501. The Balaban J connectivity index is 1.98. The van der Waals surface area contributed by atoms with Crippen LogP contribution in [-0.4, -0.2) is 31.6 Å². The molecule has 0 aromatic heterocycles. The van der Waals surface area contributed by atoms with Crippen molar-refractivity contribution in [3.05, 3.63) is 0 Å². The van der Waals surface area contributed by atoms with Gasteiger partial charge in [-0.05, 0) is 26.3 Å². The topological polar surface area (TPSA) is 30.5 Å². The summed E-state index contributed by atoms with van der Waals surface area (Å²) in [4.78, 5) is 0. The zero-order valence-electron chi connectivity index (χ0n) is 6.93. The molecule has 64 valence electrons. The second kappa shape index (κ2) is 2.73. The minimum absolute atomic E-state index is 0.00472. The lowest BCUT2D eigenvalue weighted by Gasteiger charge is -2.31. The third-order valence-corrected chi connectivity index (χ3v) is 2.43. The van der Waals surface area contributed by atoms with Gasteiger partial charge in [-0.3, -0.25) is 0 Å². The van der Waals surface area contributed by atoms with E-state index in [0.29, 0.717) is 0 Å². The number of rotatable bonds is 0. The molecule has 2 aliphatic rings. The smallest absolute Gasteiger partial charge is 0.155 e. The molecule has 0 unspecified atom stereocenters. The first-order valence-electron chi connectivity index (χ1n) is 4.31. The summed E-state index contributed by atoms with van der Waals surface area (Å²) in [6, 6.07) is 0. The van der Waals surface area contributed by atoms with Crippen molar-refractivity contribution in [2.24, 2.45) is 0 Å². The number of hydrogen-bond acceptors (Lipinski definition) is 3. The van der Waals surface area contributed by atoms with Crippen molar-refractivity contribution in [2.45, 2.75) is 31.7 Å². The van der Waals surface area contributed by atoms with Gasteiger partial charge in [0.15, 0.2) is 6.29 Å². The van der Waals surface area contributed by atoms with Gasteiger partial charge < -0.3 is 14.8 Å². The van der Waals surface area contributed by atoms with E-state index in [4.69, 9.17) is 9.47 Å². The number of nitrogens with one attached hydrogen (secondary N) is 1. The fourth-order valence-corrected chi connectivity index (χ4v) is 1.85. The van der Waals surface area contributed by atoms with Gasteiger partial charge in [0.05, 0.1) is 6.61 Å². The molecule has 0 radical (unpaired) electrons. The molecule has 0 bridgehead atoms. The van der Waals surface area contributed by atoms with Crippen LogP contribution < -0.4 is 5.32 Å². The van der Waals surface area contributed by atoms with Gasteiger partial charge >= 0.3 is 0 Å². The molecule has 2 rings (SSSR count). The van der Waals surface area contributed by atoms with E-state index >= 15 is 0 Å². The molecule has 2 saturated heterocycles. The summed E-state index contributed by atoms with van der Waals surface area (Å²) < 4.78 is 11.1. The molecule has 0 aromatic carbocycles. The van der Waals surface area contributed by atoms with Crippen LogP contribution in [0.5, 0.6) is 0 Å². The summed E-state index contributed by atoms with van der Waals surface area (Å²) in [5.74, 6) is 0. The Bertz CT molecular complexity index is 138. The molecule has 3 nitrogen and oxygen atoms in total. The number of piperidine rings is 1. The molecule has 3 heteroatoms. The van der Waals surface area contributed by atoms with Gasteiger partial charge in [0.1, 0.15) is 5.60 Å². The van der Waals surface area contributed by atoms with Crippen LogP contribution in [0.15, 0.2) is 0 Å². The maximum Gasteiger partial charge on any atom is 0.155 e. The maximum absolute atomic E-state index is 5.70. The van der Waals surface area contributed by atoms with Crippen molar-refractivity contribution in [2.75, 3.05) is 19.7 Å². The highest BCUT2D eigenvalue weighted by molar-refractivity contribution is 4.89. The molecule has 0 saturated carbocycles. The summed E-state index contributed by atoms with van der Waals surface area (Å²) in [6.07, 6.45) is 2.34. The van der Waals surface area contributed by atoms with E-state index in [1.165, 1.54) is 6.42 Å². The highest BCUT2D eigenvalue weighted by atomic mass is 16.7. The molecular formula is C8H15NO2. The van der Waals surface area contributed by atoms with Gasteiger partial charge in [0.25, 0.3) is 0 Å².